The summed E-state index contributed by atoms with van der Waals surface area (Å²) in [5.74, 6) is -1.78. The normalized spacial score (nSPS) is 17.2. The highest BCUT2D eigenvalue weighted by atomic mass is 16.4. The molecule has 1 aromatic carbocycles. The van der Waals surface area contributed by atoms with Crippen LogP contribution in [0, 0.1) is 13.8 Å². The molecule has 7 nitrogen and oxygen atoms in total. The molecule has 1 saturated heterocycles. The summed E-state index contributed by atoms with van der Waals surface area (Å²) in [5.41, 5.74) is 0.921. The third kappa shape index (κ3) is 2.97. The van der Waals surface area contributed by atoms with Crippen LogP contribution in [-0.2, 0) is 16.0 Å². The minimum absolute atomic E-state index is 0.0290. The minimum Gasteiger partial charge on any atom is -0.548 e. The van der Waals surface area contributed by atoms with Crippen molar-refractivity contribution in [3.8, 4) is 5.75 Å². The fourth-order valence-corrected chi connectivity index (χ4v) is 3.43. The van der Waals surface area contributed by atoms with Crippen molar-refractivity contribution < 1.29 is 24.2 Å². The van der Waals surface area contributed by atoms with Gasteiger partial charge in [0.25, 0.3) is 0 Å². The number of phenols is 1. The van der Waals surface area contributed by atoms with E-state index in [1.54, 1.807) is 26.0 Å². The first-order chi connectivity index (χ1) is 11.8. The van der Waals surface area contributed by atoms with Crippen molar-refractivity contribution in [1.29, 1.82) is 0 Å². The van der Waals surface area contributed by atoms with Gasteiger partial charge in [-0.3, -0.25) is 4.79 Å². The van der Waals surface area contributed by atoms with E-state index in [4.69, 9.17) is 4.42 Å². The second kappa shape index (κ2) is 6.23. The van der Waals surface area contributed by atoms with Crippen molar-refractivity contribution in [2.75, 3.05) is 6.54 Å². The van der Waals surface area contributed by atoms with Crippen LogP contribution in [0.15, 0.2) is 21.3 Å². The van der Waals surface area contributed by atoms with Gasteiger partial charge in [0, 0.05) is 6.54 Å². The molecule has 2 aromatic rings. The molecule has 3 rings (SSSR count). The SMILES string of the molecule is Cc1cc(O)c2c(C)c(CC(=O)N3CCC[C@H]3C(=O)[O-])c(=O)oc2c1. The predicted molar refractivity (Wildman–Crippen MR) is 87.1 cm³/mol. The highest BCUT2D eigenvalue weighted by Gasteiger charge is 2.30. The second-order valence-electron chi connectivity index (χ2n) is 6.39. The summed E-state index contributed by atoms with van der Waals surface area (Å²) in [6, 6.07) is 2.23. The molecular weight excluding hydrogens is 326 g/mol. The molecule has 132 valence electrons. The number of nitrogens with zero attached hydrogens (tertiary/aromatic N) is 1. The molecule has 7 heteroatoms. The van der Waals surface area contributed by atoms with E-state index >= 15 is 0 Å². The van der Waals surface area contributed by atoms with Crippen LogP contribution in [-0.4, -0.2) is 34.5 Å². The number of hydrogen-bond donors (Lipinski definition) is 1. The molecule has 0 unspecified atom stereocenters. The standard InChI is InChI=1S/C18H19NO6/c1-9-6-13(20)16-10(2)11(18(24)25-14(16)7-9)8-15(21)19-5-3-4-12(19)17(22)23/h6-7,12,20H,3-5,8H2,1-2H3,(H,22,23)/p-1/t12-/m0/s1. The number of carbonyl (C=O) groups excluding carboxylic acids is 2. The second-order valence-corrected chi connectivity index (χ2v) is 6.39. The van der Waals surface area contributed by atoms with Crippen molar-refractivity contribution in [2.45, 2.75) is 39.2 Å². The highest BCUT2D eigenvalue weighted by Crippen LogP contribution is 2.30. The fraction of sp³-hybridized carbons (Fsp3) is 0.389. The Balaban J connectivity index is 2.00. The summed E-state index contributed by atoms with van der Waals surface area (Å²) in [4.78, 5) is 37.2. The lowest BCUT2D eigenvalue weighted by atomic mass is 10.0. The number of likely N-dealkylation sites (tertiary alicyclic amines) is 1. The molecule has 0 saturated carbocycles. The van der Waals surface area contributed by atoms with Gasteiger partial charge in [0.05, 0.1) is 29.4 Å². The van der Waals surface area contributed by atoms with E-state index in [1.165, 1.54) is 4.90 Å². The number of amides is 1. The molecule has 1 amide bonds. The zero-order chi connectivity index (χ0) is 18.3. The van der Waals surface area contributed by atoms with Crippen molar-refractivity contribution in [1.82, 2.24) is 4.90 Å². The number of aromatic hydroxyl groups is 1. The Morgan fingerprint density at radius 1 is 1.36 bits per heavy atom. The number of hydrogen-bond acceptors (Lipinski definition) is 6. The Morgan fingerprint density at radius 3 is 2.76 bits per heavy atom. The number of carboxylic acid groups (broad SMARTS) is 1. The first kappa shape index (κ1) is 17.0. The van der Waals surface area contributed by atoms with E-state index in [2.05, 4.69) is 0 Å². The number of phenolic OH excluding ortho intramolecular Hbond substituents is 1. The molecule has 1 aromatic heterocycles. The van der Waals surface area contributed by atoms with Gasteiger partial charge >= 0.3 is 5.63 Å². The summed E-state index contributed by atoms with van der Waals surface area (Å²) in [7, 11) is 0. The van der Waals surface area contributed by atoms with Crippen LogP contribution in [0.2, 0.25) is 0 Å². The van der Waals surface area contributed by atoms with Gasteiger partial charge in [-0.05, 0) is 49.9 Å². The van der Waals surface area contributed by atoms with Gasteiger partial charge in [-0.25, -0.2) is 4.79 Å². The fourth-order valence-electron chi connectivity index (χ4n) is 3.43. The number of aryl methyl sites for hydroxylation is 2. The van der Waals surface area contributed by atoms with E-state index < -0.39 is 23.5 Å². The van der Waals surface area contributed by atoms with Crippen LogP contribution >= 0.6 is 0 Å². The molecular formula is C18H18NO6-. The molecule has 1 atom stereocenters. The Bertz CT molecular complexity index is 929. The lowest BCUT2D eigenvalue weighted by molar-refractivity contribution is -0.310. The quantitative estimate of drug-likeness (QED) is 0.807. The molecule has 1 N–H and O–H groups in total. The molecule has 25 heavy (non-hydrogen) atoms. The minimum atomic E-state index is -1.29. The lowest BCUT2D eigenvalue weighted by Crippen LogP contribution is -2.47. The van der Waals surface area contributed by atoms with Crippen LogP contribution in [0.5, 0.6) is 5.75 Å². The predicted octanol–water partition coefficient (Wildman–Crippen LogP) is 0.399. The third-order valence-corrected chi connectivity index (χ3v) is 4.68. The molecule has 0 aliphatic carbocycles. The largest absolute Gasteiger partial charge is 0.548 e. The van der Waals surface area contributed by atoms with Gasteiger partial charge in [-0.2, -0.15) is 0 Å². The summed E-state index contributed by atoms with van der Waals surface area (Å²) in [6.07, 6.45) is 0.649. The smallest absolute Gasteiger partial charge is 0.340 e. The third-order valence-electron chi connectivity index (χ3n) is 4.68. The number of carbonyl (C=O) groups is 2. The van der Waals surface area contributed by atoms with E-state index in [-0.39, 0.29) is 23.3 Å². The summed E-state index contributed by atoms with van der Waals surface area (Å²) < 4.78 is 5.26. The van der Waals surface area contributed by atoms with Crippen LogP contribution in [0.25, 0.3) is 11.0 Å². The average Bonchev–Trinajstić information content (AvgIpc) is 3.00. The Kier molecular flexibility index (Phi) is 4.24. The number of aliphatic carboxylic acids is 1. The molecule has 1 aliphatic heterocycles. The molecule has 2 heterocycles. The Hall–Kier alpha value is -2.83. The molecule has 0 spiro atoms. The summed E-state index contributed by atoms with van der Waals surface area (Å²) in [6.45, 7) is 3.72. The van der Waals surface area contributed by atoms with Crippen LogP contribution in [0.4, 0.5) is 0 Å². The van der Waals surface area contributed by atoms with E-state index in [1.807, 2.05) is 0 Å². The van der Waals surface area contributed by atoms with Crippen LogP contribution in [0.1, 0.15) is 29.5 Å². The summed E-state index contributed by atoms with van der Waals surface area (Å²) in [5, 5.41) is 21.7. The Labute approximate surface area is 143 Å². The maximum atomic E-state index is 12.5. The topological polar surface area (TPSA) is 111 Å². The molecule has 0 radical (unpaired) electrons. The van der Waals surface area contributed by atoms with E-state index in [0.717, 1.165) is 5.56 Å². The average molecular weight is 344 g/mol. The molecule has 1 aliphatic rings. The van der Waals surface area contributed by atoms with Gasteiger partial charge in [-0.15, -0.1) is 0 Å². The molecule has 1 fully saturated rings. The zero-order valence-electron chi connectivity index (χ0n) is 14.0. The highest BCUT2D eigenvalue weighted by molar-refractivity contribution is 5.90. The zero-order valence-corrected chi connectivity index (χ0v) is 14.0. The van der Waals surface area contributed by atoms with Crippen molar-refractivity contribution in [3.05, 3.63) is 39.2 Å². The van der Waals surface area contributed by atoms with E-state index in [0.29, 0.717) is 30.3 Å². The van der Waals surface area contributed by atoms with Crippen molar-refractivity contribution in [2.24, 2.45) is 0 Å². The monoisotopic (exact) mass is 344 g/mol. The van der Waals surface area contributed by atoms with Gasteiger partial charge in [0.15, 0.2) is 0 Å². The summed E-state index contributed by atoms with van der Waals surface area (Å²) >= 11 is 0. The van der Waals surface area contributed by atoms with E-state index in [9.17, 15) is 24.6 Å². The lowest BCUT2D eigenvalue weighted by Gasteiger charge is -2.25. The maximum absolute atomic E-state index is 12.5. The van der Waals surface area contributed by atoms with Crippen molar-refractivity contribution >= 4 is 22.8 Å². The number of rotatable bonds is 3. The number of fused-ring (bicyclic) bond motifs is 1. The van der Waals surface area contributed by atoms with Gasteiger partial charge in [-0.1, -0.05) is 0 Å². The van der Waals surface area contributed by atoms with Gasteiger partial charge in [0.2, 0.25) is 5.91 Å². The van der Waals surface area contributed by atoms with Gasteiger partial charge in [0.1, 0.15) is 11.3 Å². The number of carboxylic acids is 1. The first-order valence-corrected chi connectivity index (χ1v) is 8.06. The first-order valence-electron chi connectivity index (χ1n) is 8.06. The maximum Gasteiger partial charge on any atom is 0.340 e. The van der Waals surface area contributed by atoms with Crippen LogP contribution < -0.4 is 10.7 Å². The Morgan fingerprint density at radius 2 is 2.08 bits per heavy atom. The number of benzene rings is 1. The van der Waals surface area contributed by atoms with Crippen molar-refractivity contribution in [3.63, 3.8) is 0 Å². The van der Waals surface area contributed by atoms with Crippen LogP contribution in [0.3, 0.4) is 0 Å². The molecule has 0 bridgehead atoms. The van der Waals surface area contributed by atoms with Gasteiger partial charge < -0.3 is 24.3 Å².